The summed E-state index contributed by atoms with van der Waals surface area (Å²) in [6, 6.07) is 0. The van der Waals surface area contributed by atoms with Crippen molar-refractivity contribution >= 4 is 0 Å². The molecule has 46 heavy (non-hydrogen) atoms. The fourth-order valence-electron chi connectivity index (χ4n) is 7.12. The lowest BCUT2D eigenvalue weighted by molar-refractivity contribution is 0.0707. The first kappa shape index (κ1) is 45.9. The van der Waals surface area contributed by atoms with E-state index in [2.05, 4.69) is 37.5 Å². The Morgan fingerprint density at radius 3 is 0.652 bits per heavy atom. The average Bonchev–Trinajstić information content (AvgIpc) is 3.05. The van der Waals surface area contributed by atoms with E-state index in [4.69, 9.17) is 0 Å². The first-order valence-corrected chi connectivity index (χ1v) is 21.8. The van der Waals surface area contributed by atoms with Gasteiger partial charge in [0.25, 0.3) is 0 Å². The number of nitrogens with zero attached hydrogens (tertiary/aromatic N) is 2. The van der Waals surface area contributed by atoms with Crippen LogP contribution in [0.4, 0.5) is 0 Å². The molecule has 0 unspecified atom stereocenters. The van der Waals surface area contributed by atoms with Crippen LogP contribution in [0.1, 0.15) is 233 Å². The van der Waals surface area contributed by atoms with E-state index in [1.54, 1.807) is 0 Å². The summed E-state index contributed by atoms with van der Waals surface area (Å²) in [6.07, 6.45) is 44.0. The maximum Gasteiger partial charge on any atom is 0.0793 e. The minimum Gasteiger partial charge on any atom is -0.390 e. The molecule has 0 atom stereocenters. The van der Waals surface area contributed by atoms with Crippen LogP contribution in [-0.4, -0.2) is 60.3 Å². The number of hydrogen-bond donors (Lipinski definition) is 1. The van der Waals surface area contributed by atoms with Crippen molar-refractivity contribution in [1.82, 2.24) is 9.80 Å². The van der Waals surface area contributed by atoms with E-state index in [9.17, 15) is 5.11 Å². The highest BCUT2D eigenvalue weighted by atomic mass is 16.3. The molecule has 0 aliphatic heterocycles. The molecule has 0 aliphatic carbocycles. The summed E-state index contributed by atoms with van der Waals surface area (Å²) in [7, 11) is 0. The van der Waals surface area contributed by atoms with Gasteiger partial charge in [0.15, 0.2) is 0 Å². The lowest BCUT2D eigenvalue weighted by Crippen LogP contribution is -2.41. The van der Waals surface area contributed by atoms with Crippen molar-refractivity contribution in [3.63, 3.8) is 0 Å². The van der Waals surface area contributed by atoms with Crippen LogP contribution in [0.15, 0.2) is 0 Å². The molecule has 0 rings (SSSR count). The third-order valence-electron chi connectivity index (χ3n) is 10.2. The third-order valence-corrected chi connectivity index (χ3v) is 10.2. The van der Waals surface area contributed by atoms with E-state index in [-0.39, 0.29) is 6.10 Å². The van der Waals surface area contributed by atoms with Crippen LogP contribution in [0.2, 0.25) is 0 Å². The standard InChI is InChI=1S/C43H90N2O/c1-5-9-13-17-21-25-29-33-37-44(38-34-30-26-22-18-14-10-6-2)41-43(46)42-45(39-35-31-27-23-19-15-11-7-3)40-36-32-28-24-20-16-12-8-4/h43,46H,5-42H2,1-4H3. The van der Waals surface area contributed by atoms with Crippen LogP contribution < -0.4 is 0 Å². The fraction of sp³-hybridized carbons (Fsp3) is 1.00. The number of aliphatic hydroxyl groups excluding tert-OH is 1. The smallest absolute Gasteiger partial charge is 0.0793 e. The zero-order valence-electron chi connectivity index (χ0n) is 32.8. The van der Waals surface area contributed by atoms with Crippen LogP contribution in [0, 0.1) is 0 Å². The predicted octanol–water partition coefficient (Wildman–Crippen LogP) is 13.5. The van der Waals surface area contributed by atoms with Gasteiger partial charge in [0, 0.05) is 13.1 Å². The largest absolute Gasteiger partial charge is 0.390 e. The van der Waals surface area contributed by atoms with Gasteiger partial charge in [-0.2, -0.15) is 0 Å². The monoisotopic (exact) mass is 651 g/mol. The topological polar surface area (TPSA) is 26.7 Å². The van der Waals surface area contributed by atoms with E-state index < -0.39 is 0 Å². The second-order valence-electron chi connectivity index (χ2n) is 15.2. The third kappa shape index (κ3) is 35.2. The summed E-state index contributed by atoms with van der Waals surface area (Å²) in [5, 5.41) is 11.4. The molecular formula is C43H90N2O. The Morgan fingerprint density at radius 1 is 0.283 bits per heavy atom. The zero-order chi connectivity index (χ0) is 33.6. The molecule has 3 nitrogen and oxygen atoms in total. The summed E-state index contributed by atoms with van der Waals surface area (Å²) in [6.45, 7) is 15.7. The van der Waals surface area contributed by atoms with E-state index in [0.717, 1.165) is 13.1 Å². The zero-order valence-corrected chi connectivity index (χ0v) is 32.8. The van der Waals surface area contributed by atoms with Gasteiger partial charge in [0.1, 0.15) is 0 Å². The molecule has 0 aromatic heterocycles. The highest BCUT2D eigenvalue weighted by Crippen LogP contribution is 2.14. The second-order valence-corrected chi connectivity index (χ2v) is 15.2. The summed E-state index contributed by atoms with van der Waals surface area (Å²) in [5.74, 6) is 0. The van der Waals surface area contributed by atoms with Gasteiger partial charge in [-0.25, -0.2) is 0 Å². The van der Waals surface area contributed by atoms with Crippen molar-refractivity contribution in [2.75, 3.05) is 39.3 Å². The average molecular weight is 651 g/mol. The van der Waals surface area contributed by atoms with Crippen molar-refractivity contribution in [3.05, 3.63) is 0 Å². The maximum absolute atomic E-state index is 11.4. The molecule has 0 radical (unpaired) electrons. The molecule has 3 heteroatoms. The van der Waals surface area contributed by atoms with Crippen molar-refractivity contribution in [3.8, 4) is 0 Å². The molecule has 0 bridgehead atoms. The first-order valence-electron chi connectivity index (χ1n) is 21.8. The SMILES string of the molecule is CCCCCCCCCCN(CCCCCCCCCC)CC(O)CN(CCCCCCCCCC)CCCCCCCCCC. The maximum atomic E-state index is 11.4. The number of unbranched alkanes of at least 4 members (excludes halogenated alkanes) is 28. The minimum absolute atomic E-state index is 0.217. The molecule has 0 heterocycles. The van der Waals surface area contributed by atoms with Crippen molar-refractivity contribution in [2.24, 2.45) is 0 Å². The summed E-state index contributed by atoms with van der Waals surface area (Å²) in [4.78, 5) is 5.28. The Labute approximate surface area is 292 Å². The summed E-state index contributed by atoms with van der Waals surface area (Å²) >= 11 is 0. The fourth-order valence-corrected chi connectivity index (χ4v) is 7.12. The van der Waals surface area contributed by atoms with Crippen LogP contribution >= 0.6 is 0 Å². The Balaban J connectivity index is 4.72. The van der Waals surface area contributed by atoms with Gasteiger partial charge < -0.3 is 14.9 Å². The number of aliphatic hydroxyl groups is 1. The van der Waals surface area contributed by atoms with Crippen molar-refractivity contribution < 1.29 is 5.11 Å². The van der Waals surface area contributed by atoms with Gasteiger partial charge >= 0.3 is 0 Å². The molecule has 0 saturated carbocycles. The Hall–Kier alpha value is -0.120. The van der Waals surface area contributed by atoms with Crippen molar-refractivity contribution in [1.29, 1.82) is 0 Å². The summed E-state index contributed by atoms with van der Waals surface area (Å²) < 4.78 is 0. The molecule has 0 amide bonds. The Morgan fingerprint density at radius 2 is 0.457 bits per heavy atom. The number of rotatable bonds is 40. The Kier molecular flexibility index (Phi) is 39.2. The van der Waals surface area contributed by atoms with Gasteiger partial charge in [-0.05, 0) is 51.9 Å². The Bertz CT molecular complexity index is 455. The van der Waals surface area contributed by atoms with Crippen LogP contribution in [-0.2, 0) is 0 Å². The molecule has 0 saturated heterocycles. The molecule has 0 spiro atoms. The first-order chi connectivity index (χ1) is 22.7. The molecule has 0 aromatic carbocycles. The normalized spacial score (nSPS) is 12.0. The predicted molar refractivity (Wildman–Crippen MR) is 209 cm³/mol. The highest BCUT2D eigenvalue weighted by molar-refractivity contribution is 4.71. The van der Waals surface area contributed by atoms with Crippen molar-refractivity contribution in [2.45, 2.75) is 239 Å². The van der Waals surface area contributed by atoms with Gasteiger partial charge in [-0.15, -0.1) is 0 Å². The lowest BCUT2D eigenvalue weighted by atomic mass is 10.1. The van der Waals surface area contributed by atoms with Crippen LogP contribution in [0.3, 0.4) is 0 Å². The second kappa shape index (κ2) is 39.3. The van der Waals surface area contributed by atoms with E-state index in [1.807, 2.05) is 0 Å². The van der Waals surface area contributed by atoms with Gasteiger partial charge in [0.2, 0.25) is 0 Å². The summed E-state index contributed by atoms with van der Waals surface area (Å²) in [5.41, 5.74) is 0. The van der Waals surface area contributed by atoms with Gasteiger partial charge in [-0.1, -0.05) is 207 Å². The van der Waals surface area contributed by atoms with E-state index >= 15 is 0 Å². The lowest BCUT2D eigenvalue weighted by Gasteiger charge is -2.29. The van der Waals surface area contributed by atoms with Crippen LogP contribution in [0.25, 0.3) is 0 Å². The van der Waals surface area contributed by atoms with E-state index in [0.29, 0.717) is 0 Å². The van der Waals surface area contributed by atoms with E-state index in [1.165, 1.54) is 232 Å². The number of hydrogen-bond acceptors (Lipinski definition) is 3. The molecule has 278 valence electrons. The molecular weight excluding hydrogens is 560 g/mol. The highest BCUT2D eigenvalue weighted by Gasteiger charge is 2.16. The molecule has 0 aliphatic rings. The minimum atomic E-state index is -0.217. The molecule has 1 N–H and O–H groups in total. The molecule has 0 aromatic rings. The van der Waals surface area contributed by atoms with Gasteiger partial charge in [0.05, 0.1) is 6.10 Å². The quantitative estimate of drug-likeness (QED) is 0.0668. The molecule has 0 fully saturated rings. The van der Waals surface area contributed by atoms with Gasteiger partial charge in [-0.3, -0.25) is 0 Å². The van der Waals surface area contributed by atoms with Crippen LogP contribution in [0.5, 0.6) is 0 Å².